The molecule has 2 nitrogen and oxygen atoms in total. The second-order valence-corrected chi connectivity index (χ2v) is 3.33. The van der Waals surface area contributed by atoms with Gasteiger partial charge in [0, 0.05) is 29.7 Å². The van der Waals surface area contributed by atoms with Crippen LogP contribution in [0.15, 0.2) is 30.5 Å². The van der Waals surface area contributed by atoms with Crippen molar-refractivity contribution in [1.82, 2.24) is 4.57 Å². The SMILES string of the molecule is Cn1ccc2c(C(=O)C(F)F)cccc21. The van der Waals surface area contributed by atoms with E-state index in [0.717, 1.165) is 5.52 Å². The fourth-order valence-electron chi connectivity index (χ4n) is 1.63. The Kier molecular flexibility index (Phi) is 2.26. The summed E-state index contributed by atoms with van der Waals surface area (Å²) in [6, 6.07) is 6.50. The van der Waals surface area contributed by atoms with Crippen LogP contribution in [0.25, 0.3) is 10.9 Å². The highest BCUT2D eigenvalue weighted by Crippen LogP contribution is 2.21. The Morgan fingerprint density at radius 1 is 1.33 bits per heavy atom. The molecule has 0 saturated heterocycles. The van der Waals surface area contributed by atoms with E-state index >= 15 is 0 Å². The first kappa shape index (κ1) is 9.83. The number of fused-ring (bicyclic) bond motifs is 1. The van der Waals surface area contributed by atoms with Gasteiger partial charge >= 0.3 is 6.43 Å². The van der Waals surface area contributed by atoms with Crippen molar-refractivity contribution in [1.29, 1.82) is 0 Å². The first-order valence-corrected chi connectivity index (χ1v) is 4.47. The fourth-order valence-corrected chi connectivity index (χ4v) is 1.63. The van der Waals surface area contributed by atoms with E-state index in [1.807, 2.05) is 0 Å². The molecule has 1 heterocycles. The van der Waals surface area contributed by atoms with Crippen LogP contribution in [0, 0.1) is 0 Å². The lowest BCUT2D eigenvalue weighted by Gasteiger charge is -2.02. The highest BCUT2D eigenvalue weighted by molar-refractivity contribution is 6.09. The predicted molar refractivity (Wildman–Crippen MR) is 53.3 cm³/mol. The molecule has 2 aromatic rings. The number of halogens is 2. The largest absolute Gasteiger partial charge is 0.351 e. The van der Waals surface area contributed by atoms with Gasteiger partial charge in [0.2, 0.25) is 5.78 Å². The normalized spacial score (nSPS) is 11.2. The van der Waals surface area contributed by atoms with Gasteiger partial charge in [-0.05, 0) is 12.1 Å². The summed E-state index contributed by atoms with van der Waals surface area (Å²) in [5.41, 5.74) is 0.865. The second kappa shape index (κ2) is 3.46. The molecule has 0 radical (unpaired) electrons. The third kappa shape index (κ3) is 1.52. The maximum absolute atomic E-state index is 12.3. The molecule has 2 rings (SSSR count). The smallest absolute Gasteiger partial charge is 0.300 e. The average molecular weight is 209 g/mol. The maximum Gasteiger partial charge on any atom is 0.300 e. The van der Waals surface area contributed by atoms with E-state index in [0.29, 0.717) is 5.39 Å². The Labute approximate surface area is 85.1 Å². The summed E-state index contributed by atoms with van der Waals surface area (Å²) in [4.78, 5) is 11.2. The summed E-state index contributed by atoms with van der Waals surface area (Å²) in [6.45, 7) is 0. The van der Waals surface area contributed by atoms with Crippen LogP contribution in [0.3, 0.4) is 0 Å². The van der Waals surface area contributed by atoms with Gasteiger partial charge < -0.3 is 4.57 Å². The van der Waals surface area contributed by atoms with Gasteiger partial charge in [-0.3, -0.25) is 4.79 Å². The lowest BCUT2D eigenvalue weighted by atomic mass is 10.1. The van der Waals surface area contributed by atoms with Crippen LogP contribution in [-0.4, -0.2) is 16.8 Å². The van der Waals surface area contributed by atoms with Crippen LogP contribution >= 0.6 is 0 Å². The van der Waals surface area contributed by atoms with Crippen molar-refractivity contribution in [2.45, 2.75) is 6.43 Å². The summed E-state index contributed by atoms with van der Waals surface area (Å²) in [7, 11) is 1.80. The maximum atomic E-state index is 12.3. The molecule has 0 aliphatic carbocycles. The van der Waals surface area contributed by atoms with Crippen LogP contribution in [-0.2, 0) is 7.05 Å². The van der Waals surface area contributed by atoms with Gasteiger partial charge in [-0.25, -0.2) is 8.78 Å². The van der Waals surface area contributed by atoms with Gasteiger partial charge in [-0.1, -0.05) is 12.1 Å². The standard InChI is InChI=1S/C11H9F2NO/c1-14-6-5-7-8(10(15)11(12)13)3-2-4-9(7)14/h2-6,11H,1H3. The number of rotatable bonds is 2. The highest BCUT2D eigenvalue weighted by Gasteiger charge is 2.20. The minimum Gasteiger partial charge on any atom is -0.351 e. The molecule has 0 spiro atoms. The van der Waals surface area contributed by atoms with Crippen molar-refractivity contribution in [2.24, 2.45) is 7.05 Å². The number of hydrogen-bond acceptors (Lipinski definition) is 1. The van der Waals surface area contributed by atoms with E-state index in [9.17, 15) is 13.6 Å². The number of ketones is 1. The van der Waals surface area contributed by atoms with Crippen LogP contribution in [0.5, 0.6) is 0 Å². The first-order chi connectivity index (χ1) is 7.11. The summed E-state index contributed by atoms with van der Waals surface area (Å²) in [6.07, 6.45) is -1.21. The number of Topliss-reactive ketones (excluding diaryl/α,β-unsaturated/α-hetero) is 1. The quantitative estimate of drug-likeness (QED) is 0.697. The topological polar surface area (TPSA) is 22.0 Å². The van der Waals surface area contributed by atoms with Gasteiger partial charge in [0.15, 0.2) is 0 Å². The second-order valence-electron chi connectivity index (χ2n) is 3.33. The summed E-state index contributed by atoms with van der Waals surface area (Å²) in [5.74, 6) is -1.12. The number of aryl methyl sites for hydroxylation is 1. The average Bonchev–Trinajstić information content (AvgIpc) is 2.59. The molecule has 0 bridgehead atoms. The van der Waals surface area contributed by atoms with Crippen molar-refractivity contribution in [3.63, 3.8) is 0 Å². The zero-order chi connectivity index (χ0) is 11.0. The molecule has 0 saturated carbocycles. The Balaban J connectivity index is 2.66. The number of aromatic nitrogens is 1. The van der Waals surface area contributed by atoms with Gasteiger partial charge in [0.05, 0.1) is 0 Å². The monoisotopic (exact) mass is 209 g/mol. The lowest BCUT2D eigenvalue weighted by Crippen LogP contribution is -2.10. The molecular formula is C11H9F2NO. The van der Waals surface area contributed by atoms with E-state index in [1.165, 1.54) is 6.07 Å². The molecule has 0 aliphatic rings. The third-order valence-electron chi connectivity index (χ3n) is 2.39. The molecule has 1 aromatic carbocycles. The van der Waals surface area contributed by atoms with Crippen molar-refractivity contribution >= 4 is 16.7 Å². The Bertz CT molecular complexity index is 516. The van der Waals surface area contributed by atoms with Crippen LogP contribution in [0.1, 0.15) is 10.4 Å². The number of nitrogens with zero attached hydrogens (tertiary/aromatic N) is 1. The minimum absolute atomic E-state index is 0.0862. The molecule has 0 atom stereocenters. The number of carbonyl (C=O) groups excluding carboxylic acids is 1. The first-order valence-electron chi connectivity index (χ1n) is 4.47. The van der Waals surface area contributed by atoms with Crippen LogP contribution < -0.4 is 0 Å². The molecule has 15 heavy (non-hydrogen) atoms. The zero-order valence-electron chi connectivity index (χ0n) is 8.08. The molecule has 4 heteroatoms. The van der Waals surface area contributed by atoms with E-state index in [-0.39, 0.29) is 5.56 Å². The Hall–Kier alpha value is -1.71. The number of hydrogen-bond donors (Lipinski definition) is 0. The molecule has 0 N–H and O–H groups in total. The molecule has 78 valence electrons. The molecule has 0 fully saturated rings. The fraction of sp³-hybridized carbons (Fsp3) is 0.182. The third-order valence-corrected chi connectivity index (χ3v) is 2.39. The molecule has 0 amide bonds. The van der Waals surface area contributed by atoms with E-state index < -0.39 is 12.2 Å². The molecule has 0 unspecified atom stereocenters. The summed E-state index contributed by atoms with van der Waals surface area (Å²) < 4.78 is 26.4. The van der Waals surface area contributed by atoms with Crippen molar-refractivity contribution in [2.75, 3.05) is 0 Å². The summed E-state index contributed by atoms with van der Waals surface area (Å²) in [5, 5.41) is 0.574. The van der Waals surface area contributed by atoms with Crippen molar-refractivity contribution < 1.29 is 13.6 Å². The number of carbonyl (C=O) groups is 1. The van der Waals surface area contributed by atoms with E-state index in [2.05, 4.69) is 0 Å². The highest BCUT2D eigenvalue weighted by atomic mass is 19.3. The van der Waals surface area contributed by atoms with Crippen LogP contribution in [0.2, 0.25) is 0 Å². The lowest BCUT2D eigenvalue weighted by molar-refractivity contribution is 0.0680. The Morgan fingerprint density at radius 3 is 2.73 bits per heavy atom. The zero-order valence-corrected chi connectivity index (χ0v) is 8.08. The minimum atomic E-state index is -2.95. The van der Waals surface area contributed by atoms with Gasteiger partial charge in [-0.15, -0.1) is 0 Å². The van der Waals surface area contributed by atoms with Crippen molar-refractivity contribution in [3.8, 4) is 0 Å². The number of benzene rings is 1. The van der Waals surface area contributed by atoms with Gasteiger partial charge in [0.1, 0.15) is 0 Å². The molecule has 1 aromatic heterocycles. The Morgan fingerprint density at radius 2 is 2.07 bits per heavy atom. The summed E-state index contributed by atoms with van der Waals surface area (Å²) >= 11 is 0. The van der Waals surface area contributed by atoms with E-state index in [1.54, 1.807) is 36.0 Å². The number of alkyl halides is 2. The van der Waals surface area contributed by atoms with Crippen LogP contribution in [0.4, 0.5) is 8.78 Å². The molecular weight excluding hydrogens is 200 g/mol. The predicted octanol–water partition coefficient (Wildman–Crippen LogP) is 2.63. The van der Waals surface area contributed by atoms with Gasteiger partial charge in [0.25, 0.3) is 0 Å². The molecule has 0 aliphatic heterocycles. The van der Waals surface area contributed by atoms with E-state index in [4.69, 9.17) is 0 Å². The van der Waals surface area contributed by atoms with Crippen molar-refractivity contribution in [3.05, 3.63) is 36.0 Å². The van der Waals surface area contributed by atoms with Gasteiger partial charge in [-0.2, -0.15) is 0 Å².